The lowest BCUT2D eigenvalue weighted by Gasteiger charge is -2.15. The Bertz CT molecular complexity index is 605. The highest BCUT2D eigenvalue weighted by Crippen LogP contribution is 2.22. The van der Waals surface area contributed by atoms with Crippen molar-refractivity contribution in [2.45, 2.75) is 25.7 Å². The molecule has 3 nitrogen and oxygen atoms in total. The Hall–Kier alpha value is -2.42. The second-order valence-corrected chi connectivity index (χ2v) is 5.10. The molecule has 0 heterocycles. The number of unbranched alkanes of at least 4 members (excludes halogenated alkanes) is 1. The first-order valence-electron chi connectivity index (χ1n) is 7.55. The highest BCUT2D eigenvalue weighted by atomic mass is 16.5. The molecule has 0 radical (unpaired) electrons. The van der Waals surface area contributed by atoms with Crippen LogP contribution in [-0.2, 0) is 9.53 Å². The number of ether oxygens (including phenoxy) is 1. The Kier molecular flexibility index (Phi) is 5.90. The minimum atomic E-state index is -0.902. The van der Waals surface area contributed by atoms with Gasteiger partial charge in [-0.15, -0.1) is 0 Å². The van der Waals surface area contributed by atoms with Gasteiger partial charge in [-0.2, -0.15) is 0 Å². The van der Waals surface area contributed by atoms with Crippen molar-refractivity contribution in [1.82, 2.24) is 0 Å². The summed E-state index contributed by atoms with van der Waals surface area (Å²) in [6.45, 7) is 2.37. The lowest BCUT2D eigenvalue weighted by molar-refractivity contribution is -0.144. The maximum Gasteiger partial charge on any atom is 0.321 e. The molecule has 0 fully saturated rings. The number of Topliss-reactive ketones (excluding diaryl/α,β-unsaturated/α-hetero) is 1. The third-order valence-electron chi connectivity index (χ3n) is 3.43. The highest BCUT2D eigenvalue weighted by Gasteiger charge is 2.30. The Morgan fingerprint density at radius 1 is 0.955 bits per heavy atom. The van der Waals surface area contributed by atoms with Gasteiger partial charge in [-0.25, -0.2) is 0 Å². The van der Waals surface area contributed by atoms with Gasteiger partial charge in [0.25, 0.3) is 0 Å². The fraction of sp³-hybridized carbons (Fsp3) is 0.263. The first-order valence-corrected chi connectivity index (χ1v) is 7.55. The summed E-state index contributed by atoms with van der Waals surface area (Å²) in [5, 5.41) is 0. The van der Waals surface area contributed by atoms with E-state index in [0.717, 1.165) is 12.8 Å². The zero-order chi connectivity index (χ0) is 15.8. The average molecular weight is 296 g/mol. The van der Waals surface area contributed by atoms with E-state index < -0.39 is 11.9 Å². The number of carbonyl (C=O) groups is 2. The molecule has 0 aliphatic carbocycles. The molecule has 1 atom stereocenters. The van der Waals surface area contributed by atoms with E-state index in [1.165, 1.54) is 0 Å². The fourth-order valence-electron chi connectivity index (χ4n) is 2.21. The Balaban J connectivity index is 2.26. The van der Waals surface area contributed by atoms with Crippen molar-refractivity contribution < 1.29 is 14.3 Å². The normalized spacial score (nSPS) is 11.7. The number of carbonyl (C=O) groups excluding carboxylic acids is 2. The molecule has 0 amide bonds. The molecule has 2 aromatic carbocycles. The molecule has 2 aromatic rings. The monoisotopic (exact) mass is 296 g/mol. The van der Waals surface area contributed by atoms with Crippen LogP contribution >= 0.6 is 0 Å². The maximum atomic E-state index is 12.7. The van der Waals surface area contributed by atoms with Crippen molar-refractivity contribution in [1.29, 1.82) is 0 Å². The predicted octanol–water partition coefficient (Wildman–Crippen LogP) is 4.00. The van der Waals surface area contributed by atoms with Gasteiger partial charge < -0.3 is 4.74 Å². The lowest BCUT2D eigenvalue weighted by Crippen LogP contribution is -2.24. The van der Waals surface area contributed by atoms with Crippen molar-refractivity contribution >= 4 is 11.8 Å². The zero-order valence-corrected chi connectivity index (χ0v) is 12.7. The second-order valence-electron chi connectivity index (χ2n) is 5.10. The van der Waals surface area contributed by atoms with E-state index >= 15 is 0 Å². The third-order valence-corrected chi connectivity index (χ3v) is 3.43. The molecule has 0 N–H and O–H groups in total. The number of hydrogen-bond acceptors (Lipinski definition) is 3. The van der Waals surface area contributed by atoms with Crippen LogP contribution in [0.1, 0.15) is 41.6 Å². The van der Waals surface area contributed by atoms with Crippen molar-refractivity contribution in [3.05, 3.63) is 71.8 Å². The highest BCUT2D eigenvalue weighted by molar-refractivity contribution is 6.12. The quantitative estimate of drug-likeness (QED) is 0.336. The van der Waals surface area contributed by atoms with Crippen LogP contribution in [0.15, 0.2) is 60.7 Å². The fourth-order valence-corrected chi connectivity index (χ4v) is 2.21. The van der Waals surface area contributed by atoms with Gasteiger partial charge in [0.1, 0.15) is 5.92 Å². The molecule has 0 aliphatic rings. The molecule has 0 aromatic heterocycles. The van der Waals surface area contributed by atoms with Gasteiger partial charge in [0.05, 0.1) is 6.61 Å². The first kappa shape index (κ1) is 16.0. The minimum Gasteiger partial charge on any atom is -0.465 e. The van der Waals surface area contributed by atoms with Gasteiger partial charge in [0, 0.05) is 5.56 Å². The van der Waals surface area contributed by atoms with E-state index in [-0.39, 0.29) is 5.78 Å². The van der Waals surface area contributed by atoms with Crippen LogP contribution in [-0.4, -0.2) is 18.4 Å². The van der Waals surface area contributed by atoms with E-state index in [9.17, 15) is 9.59 Å². The molecule has 2 rings (SSSR count). The lowest BCUT2D eigenvalue weighted by atomic mass is 9.91. The topological polar surface area (TPSA) is 43.4 Å². The van der Waals surface area contributed by atoms with Gasteiger partial charge in [-0.3, -0.25) is 9.59 Å². The summed E-state index contributed by atoms with van der Waals surface area (Å²) in [6, 6.07) is 17.9. The van der Waals surface area contributed by atoms with E-state index in [0.29, 0.717) is 17.7 Å². The molecule has 0 aliphatic heterocycles. The van der Waals surface area contributed by atoms with Gasteiger partial charge >= 0.3 is 5.97 Å². The van der Waals surface area contributed by atoms with Gasteiger partial charge in [0.15, 0.2) is 5.78 Å². The molecular formula is C19H20O3. The van der Waals surface area contributed by atoms with E-state index in [4.69, 9.17) is 4.74 Å². The number of esters is 1. The minimum absolute atomic E-state index is 0.228. The van der Waals surface area contributed by atoms with Crippen LogP contribution in [0.25, 0.3) is 0 Å². The predicted molar refractivity (Wildman–Crippen MR) is 85.8 cm³/mol. The maximum absolute atomic E-state index is 12.7. The third kappa shape index (κ3) is 4.04. The van der Waals surface area contributed by atoms with Crippen LogP contribution in [0.2, 0.25) is 0 Å². The molecule has 0 bridgehead atoms. The summed E-state index contributed by atoms with van der Waals surface area (Å²) in [4.78, 5) is 25.1. The molecule has 1 unspecified atom stereocenters. The summed E-state index contributed by atoms with van der Waals surface area (Å²) in [7, 11) is 0. The first-order chi connectivity index (χ1) is 10.7. The molecule has 0 spiro atoms. The second kappa shape index (κ2) is 8.13. The number of ketones is 1. The number of hydrogen-bond donors (Lipinski definition) is 0. The standard InChI is InChI=1S/C19H20O3/c1-2-3-14-22-19(21)17(15-10-6-4-7-11-15)18(20)16-12-8-5-9-13-16/h4-13,17H,2-3,14H2,1H3. The van der Waals surface area contributed by atoms with Crippen molar-refractivity contribution in [3.8, 4) is 0 Å². The van der Waals surface area contributed by atoms with Crippen molar-refractivity contribution in [2.24, 2.45) is 0 Å². The Labute approximate surface area is 130 Å². The zero-order valence-electron chi connectivity index (χ0n) is 12.7. The summed E-state index contributed by atoms with van der Waals surface area (Å²) in [6.07, 6.45) is 1.74. The van der Waals surface area contributed by atoms with Gasteiger partial charge in [-0.1, -0.05) is 74.0 Å². The van der Waals surface area contributed by atoms with Crippen LogP contribution < -0.4 is 0 Å². The number of rotatable bonds is 7. The SMILES string of the molecule is CCCCOC(=O)C(C(=O)c1ccccc1)c1ccccc1. The van der Waals surface area contributed by atoms with E-state index in [1.54, 1.807) is 36.4 Å². The van der Waals surface area contributed by atoms with Crippen LogP contribution in [0.3, 0.4) is 0 Å². The summed E-state index contributed by atoms with van der Waals surface area (Å²) in [5.41, 5.74) is 1.18. The summed E-state index contributed by atoms with van der Waals surface area (Å²) in [5.74, 6) is -1.61. The summed E-state index contributed by atoms with van der Waals surface area (Å²) >= 11 is 0. The molecule has 0 saturated heterocycles. The van der Waals surface area contributed by atoms with Crippen LogP contribution in [0.4, 0.5) is 0 Å². The Morgan fingerprint density at radius 2 is 1.55 bits per heavy atom. The van der Waals surface area contributed by atoms with E-state index in [2.05, 4.69) is 0 Å². The molecule has 0 saturated carbocycles. The summed E-state index contributed by atoms with van der Waals surface area (Å²) < 4.78 is 5.28. The molecule has 22 heavy (non-hydrogen) atoms. The van der Waals surface area contributed by atoms with Gasteiger partial charge in [-0.05, 0) is 12.0 Å². The number of benzene rings is 2. The Morgan fingerprint density at radius 3 is 2.14 bits per heavy atom. The smallest absolute Gasteiger partial charge is 0.321 e. The van der Waals surface area contributed by atoms with Gasteiger partial charge in [0.2, 0.25) is 0 Å². The average Bonchev–Trinajstić information content (AvgIpc) is 2.57. The molecule has 3 heteroatoms. The van der Waals surface area contributed by atoms with Crippen molar-refractivity contribution in [2.75, 3.05) is 6.61 Å². The molecular weight excluding hydrogens is 276 g/mol. The van der Waals surface area contributed by atoms with E-state index in [1.807, 2.05) is 31.2 Å². The molecule has 114 valence electrons. The van der Waals surface area contributed by atoms with Crippen LogP contribution in [0.5, 0.6) is 0 Å². The van der Waals surface area contributed by atoms with Crippen molar-refractivity contribution in [3.63, 3.8) is 0 Å². The largest absolute Gasteiger partial charge is 0.465 e. The van der Waals surface area contributed by atoms with Crippen LogP contribution in [0, 0.1) is 0 Å².